The molecule has 0 radical (unpaired) electrons. The topological polar surface area (TPSA) is 40.6 Å². The fourth-order valence-corrected chi connectivity index (χ4v) is 3.38. The number of allylic oxidation sites excluding steroid dienone is 1. The summed E-state index contributed by atoms with van der Waals surface area (Å²) in [5.74, 6) is 0.0260. The molecule has 0 N–H and O–H groups in total. The van der Waals surface area contributed by atoms with Gasteiger partial charge in [0.15, 0.2) is 0 Å². The fraction of sp³-hybridized carbons (Fsp3) is 0.200. The van der Waals surface area contributed by atoms with Crippen molar-refractivity contribution in [2.45, 2.75) is 25.6 Å². The third-order valence-corrected chi connectivity index (χ3v) is 4.54. The number of para-hydroxylation sites is 1. The monoisotopic (exact) mass is 318 g/mol. The van der Waals surface area contributed by atoms with Gasteiger partial charge in [-0.25, -0.2) is 0 Å². The normalized spacial score (nSPS) is 19.8. The van der Waals surface area contributed by atoms with Crippen LogP contribution >= 0.6 is 0 Å². The van der Waals surface area contributed by atoms with Crippen molar-refractivity contribution in [2.75, 3.05) is 4.90 Å². The summed E-state index contributed by atoms with van der Waals surface area (Å²) >= 11 is 0. The highest BCUT2D eigenvalue weighted by Crippen LogP contribution is 2.34. The van der Waals surface area contributed by atoms with Crippen molar-refractivity contribution >= 4 is 17.5 Å². The highest BCUT2D eigenvalue weighted by atomic mass is 16.2. The molecule has 0 saturated carbocycles. The molecule has 2 amide bonds. The van der Waals surface area contributed by atoms with Crippen LogP contribution in [-0.4, -0.2) is 22.9 Å². The van der Waals surface area contributed by atoms with Gasteiger partial charge >= 0.3 is 0 Å². The summed E-state index contributed by atoms with van der Waals surface area (Å²) in [7, 11) is 0. The first kappa shape index (κ1) is 14.7. The Balaban J connectivity index is 1.81. The Bertz CT molecular complexity index is 813. The van der Waals surface area contributed by atoms with E-state index in [0.717, 1.165) is 5.56 Å². The van der Waals surface area contributed by atoms with Gasteiger partial charge in [-0.2, -0.15) is 0 Å². The first-order valence-electron chi connectivity index (χ1n) is 8.18. The number of nitrogens with zero attached hydrogens (tertiary/aromatic N) is 2. The molecule has 0 spiro atoms. The Morgan fingerprint density at radius 1 is 0.958 bits per heavy atom. The standard InChI is InChI=1S/C20H18N2O2/c23-19-13-7-6-12-18-21(14-15-8-2-1-3-9-15)20(24)16-10-4-5-11-17(16)22(18)19/h1-6,8-12,18H,7,13-14H2. The highest BCUT2D eigenvalue weighted by Gasteiger charge is 2.39. The van der Waals surface area contributed by atoms with Crippen molar-refractivity contribution in [1.82, 2.24) is 4.90 Å². The van der Waals surface area contributed by atoms with Gasteiger partial charge < -0.3 is 4.90 Å². The molecule has 4 heteroatoms. The van der Waals surface area contributed by atoms with Crippen LogP contribution in [0.15, 0.2) is 66.7 Å². The number of hydrogen-bond donors (Lipinski definition) is 0. The van der Waals surface area contributed by atoms with Crippen LogP contribution in [0.4, 0.5) is 5.69 Å². The van der Waals surface area contributed by atoms with Gasteiger partial charge in [-0.1, -0.05) is 48.5 Å². The summed E-state index contributed by atoms with van der Waals surface area (Å²) in [6, 6.07) is 17.3. The van der Waals surface area contributed by atoms with Crippen LogP contribution < -0.4 is 4.90 Å². The molecule has 2 aromatic carbocycles. The highest BCUT2D eigenvalue weighted by molar-refractivity contribution is 6.08. The third-order valence-electron chi connectivity index (χ3n) is 4.54. The van der Waals surface area contributed by atoms with Crippen molar-refractivity contribution in [3.63, 3.8) is 0 Å². The predicted molar refractivity (Wildman–Crippen MR) is 92.4 cm³/mol. The lowest BCUT2D eigenvalue weighted by atomic mass is 10.0. The summed E-state index contributed by atoms with van der Waals surface area (Å²) in [5.41, 5.74) is 2.36. The van der Waals surface area contributed by atoms with E-state index in [0.29, 0.717) is 30.6 Å². The first-order valence-corrected chi connectivity index (χ1v) is 8.18. The van der Waals surface area contributed by atoms with Crippen molar-refractivity contribution < 1.29 is 9.59 Å². The zero-order chi connectivity index (χ0) is 16.5. The Kier molecular flexibility index (Phi) is 3.65. The van der Waals surface area contributed by atoms with Gasteiger partial charge in [-0.05, 0) is 30.2 Å². The SMILES string of the molecule is O=C1c2ccccc2N2C(=O)CCC=CC2N1Cc1ccccc1. The smallest absolute Gasteiger partial charge is 0.258 e. The lowest BCUT2D eigenvalue weighted by Gasteiger charge is -2.42. The van der Waals surface area contributed by atoms with Crippen molar-refractivity contribution in [2.24, 2.45) is 0 Å². The van der Waals surface area contributed by atoms with Crippen molar-refractivity contribution in [3.8, 4) is 0 Å². The molecule has 0 aromatic heterocycles. The van der Waals surface area contributed by atoms with Crippen LogP contribution in [0.25, 0.3) is 0 Å². The molecule has 120 valence electrons. The van der Waals surface area contributed by atoms with Gasteiger partial charge in [0.05, 0.1) is 11.3 Å². The molecule has 2 aliphatic heterocycles. The molecule has 0 bridgehead atoms. The van der Waals surface area contributed by atoms with Gasteiger partial charge in [0.2, 0.25) is 5.91 Å². The molecular formula is C20H18N2O2. The number of carbonyl (C=O) groups is 2. The average molecular weight is 318 g/mol. The molecular weight excluding hydrogens is 300 g/mol. The molecule has 2 aromatic rings. The van der Waals surface area contributed by atoms with E-state index < -0.39 is 0 Å². The second-order valence-corrected chi connectivity index (χ2v) is 6.08. The van der Waals surface area contributed by atoms with E-state index in [2.05, 4.69) is 0 Å². The van der Waals surface area contributed by atoms with E-state index >= 15 is 0 Å². The quantitative estimate of drug-likeness (QED) is 0.797. The largest absolute Gasteiger partial charge is 0.310 e. The lowest BCUT2D eigenvalue weighted by molar-refractivity contribution is -0.119. The molecule has 2 heterocycles. The van der Waals surface area contributed by atoms with E-state index in [9.17, 15) is 9.59 Å². The summed E-state index contributed by atoms with van der Waals surface area (Å²) < 4.78 is 0. The van der Waals surface area contributed by atoms with Crippen molar-refractivity contribution in [1.29, 1.82) is 0 Å². The number of hydrogen-bond acceptors (Lipinski definition) is 2. The lowest BCUT2D eigenvalue weighted by Crippen LogP contribution is -2.55. The Hall–Kier alpha value is -2.88. The number of anilines is 1. The maximum atomic E-state index is 13.0. The van der Waals surface area contributed by atoms with Crippen LogP contribution in [0, 0.1) is 0 Å². The van der Waals surface area contributed by atoms with Gasteiger partial charge in [-0.15, -0.1) is 0 Å². The van der Waals surface area contributed by atoms with Gasteiger partial charge in [-0.3, -0.25) is 14.5 Å². The van der Waals surface area contributed by atoms with Crippen LogP contribution in [0.5, 0.6) is 0 Å². The second kappa shape index (κ2) is 5.96. The Morgan fingerprint density at radius 3 is 2.54 bits per heavy atom. The molecule has 0 fully saturated rings. The zero-order valence-corrected chi connectivity index (χ0v) is 13.3. The predicted octanol–water partition coefficient (Wildman–Crippen LogP) is 3.35. The summed E-state index contributed by atoms with van der Waals surface area (Å²) in [6.45, 7) is 0.479. The molecule has 4 nitrogen and oxygen atoms in total. The first-order chi connectivity index (χ1) is 11.8. The van der Waals surface area contributed by atoms with Gasteiger partial charge in [0.25, 0.3) is 5.91 Å². The summed E-state index contributed by atoms with van der Waals surface area (Å²) in [5, 5.41) is 0. The van der Waals surface area contributed by atoms with Crippen LogP contribution in [0.2, 0.25) is 0 Å². The second-order valence-electron chi connectivity index (χ2n) is 6.08. The van der Waals surface area contributed by atoms with E-state index in [-0.39, 0.29) is 18.0 Å². The zero-order valence-electron chi connectivity index (χ0n) is 13.3. The maximum absolute atomic E-state index is 13.0. The van der Waals surface area contributed by atoms with E-state index in [1.807, 2.05) is 60.7 Å². The molecule has 0 aliphatic carbocycles. The van der Waals surface area contributed by atoms with E-state index in [1.54, 1.807) is 15.9 Å². The van der Waals surface area contributed by atoms with Crippen molar-refractivity contribution in [3.05, 3.63) is 77.9 Å². The molecule has 0 saturated heterocycles. The van der Waals surface area contributed by atoms with Gasteiger partial charge in [0, 0.05) is 13.0 Å². The molecule has 24 heavy (non-hydrogen) atoms. The number of benzene rings is 2. The number of amides is 2. The summed E-state index contributed by atoms with van der Waals surface area (Å²) in [4.78, 5) is 29.3. The number of carbonyl (C=O) groups excluding carboxylic acids is 2. The molecule has 2 aliphatic rings. The number of rotatable bonds is 2. The minimum atomic E-state index is -0.359. The molecule has 1 unspecified atom stereocenters. The average Bonchev–Trinajstić information content (AvgIpc) is 2.81. The minimum absolute atomic E-state index is 0.0324. The maximum Gasteiger partial charge on any atom is 0.258 e. The fourth-order valence-electron chi connectivity index (χ4n) is 3.38. The summed E-state index contributed by atoms with van der Waals surface area (Å²) in [6.07, 6.45) is 4.79. The van der Waals surface area contributed by atoms with Crippen LogP contribution in [0.3, 0.4) is 0 Å². The number of fused-ring (bicyclic) bond motifs is 3. The van der Waals surface area contributed by atoms with Crippen LogP contribution in [-0.2, 0) is 11.3 Å². The Morgan fingerprint density at radius 2 is 1.71 bits per heavy atom. The van der Waals surface area contributed by atoms with E-state index in [1.165, 1.54) is 0 Å². The minimum Gasteiger partial charge on any atom is -0.310 e. The molecule has 4 rings (SSSR count). The Labute approximate surface area is 141 Å². The van der Waals surface area contributed by atoms with Gasteiger partial charge in [0.1, 0.15) is 6.17 Å². The molecule has 1 atom stereocenters. The van der Waals surface area contributed by atoms with E-state index in [4.69, 9.17) is 0 Å². The third kappa shape index (κ3) is 2.40. The van der Waals surface area contributed by atoms with Crippen LogP contribution in [0.1, 0.15) is 28.8 Å².